The second-order valence-electron chi connectivity index (χ2n) is 8.01. The Morgan fingerprint density at radius 3 is 1.44 bits per heavy atom. The molecule has 0 aromatic rings. The van der Waals surface area contributed by atoms with Gasteiger partial charge in [-0.25, -0.2) is 8.42 Å². The molecule has 0 aliphatic rings. The molecule has 0 spiro atoms. The second-order valence-corrected chi connectivity index (χ2v) is 9.53. The van der Waals surface area contributed by atoms with E-state index in [0.717, 1.165) is 12.3 Å². The van der Waals surface area contributed by atoms with E-state index in [1.807, 2.05) is 0 Å². The molecule has 0 saturated carbocycles. The first kappa shape index (κ1) is 30.1. The van der Waals surface area contributed by atoms with Crippen LogP contribution in [-0.2, 0) is 14.9 Å². The van der Waals surface area contributed by atoms with Crippen LogP contribution in [0.3, 0.4) is 0 Å². The van der Waals surface area contributed by atoms with E-state index < -0.39 is 10.1 Å². The van der Waals surface area contributed by atoms with Crippen LogP contribution in [0.1, 0.15) is 110 Å². The summed E-state index contributed by atoms with van der Waals surface area (Å²) in [6, 6.07) is 0. The summed E-state index contributed by atoms with van der Waals surface area (Å²) in [5.41, 5.74) is 0. The molecule has 0 heterocycles. The fourth-order valence-electron chi connectivity index (χ4n) is 3.14. The smallest absolute Gasteiger partial charge is 0.748 e. The molecule has 4 nitrogen and oxygen atoms in total. The first-order valence-electron chi connectivity index (χ1n) is 10.9. The van der Waals surface area contributed by atoms with E-state index in [9.17, 15) is 13.0 Å². The first-order chi connectivity index (χ1) is 12.4. The topological polar surface area (TPSA) is 66.4 Å². The Hall–Kier alpha value is 0.870. The summed E-state index contributed by atoms with van der Waals surface area (Å²) in [6.45, 7) is 5.67. The summed E-state index contributed by atoms with van der Waals surface area (Å²) in [5.74, 6) is 0.545. The van der Waals surface area contributed by atoms with E-state index >= 15 is 0 Å². The molecule has 0 radical (unpaired) electrons. The van der Waals surface area contributed by atoms with Gasteiger partial charge < -0.3 is 9.29 Å². The second kappa shape index (κ2) is 21.6. The molecule has 27 heavy (non-hydrogen) atoms. The molecule has 6 heteroatoms. The Morgan fingerprint density at radius 1 is 0.667 bits per heavy atom. The Kier molecular flexibility index (Phi) is 24.0. The minimum absolute atomic E-state index is 0. The Morgan fingerprint density at radius 2 is 1.04 bits per heavy atom. The van der Waals surface area contributed by atoms with Crippen LogP contribution in [0.2, 0.25) is 0 Å². The Labute approximate surface area is 191 Å². The maximum Gasteiger partial charge on any atom is 1.00 e. The fraction of sp³-hybridized carbons (Fsp3) is 1.00. The molecule has 0 unspecified atom stereocenters. The van der Waals surface area contributed by atoms with Gasteiger partial charge in [-0.3, -0.25) is 0 Å². The summed E-state index contributed by atoms with van der Waals surface area (Å²) in [4.78, 5) is 0. The molecule has 0 atom stereocenters. The van der Waals surface area contributed by atoms with Crippen molar-refractivity contribution in [3.63, 3.8) is 0 Å². The molecular weight excluding hydrogens is 371 g/mol. The molecular formula is C21H43NaO4S. The summed E-state index contributed by atoms with van der Waals surface area (Å²) < 4.78 is 36.6. The van der Waals surface area contributed by atoms with Crippen LogP contribution in [0.15, 0.2) is 0 Å². The van der Waals surface area contributed by atoms with Gasteiger partial charge in [0.2, 0.25) is 0 Å². The SMILES string of the molecule is CC(C)CCCCCCCCCCCCCCCOCCCS(=O)(=O)[O-].[Na+]. The minimum Gasteiger partial charge on any atom is -0.748 e. The van der Waals surface area contributed by atoms with Crippen molar-refractivity contribution in [1.82, 2.24) is 0 Å². The van der Waals surface area contributed by atoms with E-state index in [2.05, 4.69) is 13.8 Å². The zero-order valence-corrected chi connectivity index (χ0v) is 21.2. The van der Waals surface area contributed by atoms with Crippen molar-refractivity contribution in [1.29, 1.82) is 0 Å². The van der Waals surface area contributed by atoms with Crippen LogP contribution in [0.5, 0.6) is 0 Å². The van der Waals surface area contributed by atoms with Gasteiger partial charge in [0.05, 0.1) is 10.1 Å². The Balaban J connectivity index is 0. The van der Waals surface area contributed by atoms with Gasteiger partial charge >= 0.3 is 29.6 Å². The monoisotopic (exact) mass is 414 g/mol. The summed E-state index contributed by atoms with van der Waals surface area (Å²) >= 11 is 0. The minimum atomic E-state index is -4.08. The van der Waals surface area contributed by atoms with Crippen molar-refractivity contribution in [3.05, 3.63) is 0 Å². The molecule has 0 aromatic heterocycles. The molecule has 0 amide bonds. The fourth-order valence-corrected chi connectivity index (χ4v) is 3.61. The average Bonchev–Trinajstić information content (AvgIpc) is 2.55. The van der Waals surface area contributed by atoms with Crippen molar-refractivity contribution in [3.8, 4) is 0 Å². The van der Waals surface area contributed by atoms with E-state index in [-0.39, 0.29) is 35.3 Å². The third-order valence-electron chi connectivity index (χ3n) is 4.75. The van der Waals surface area contributed by atoms with Crippen LogP contribution in [0, 0.1) is 5.92 Å². The van der Waals surface area contributed by atoms with Crippen LogP contribution in [0.4, 0.5) is 0 Å². The van der Waals surface area contributed by atoms with Crippen LogP contribution in [-0.4, -0.2) is 31.9 Å². The molecule has 0 bridgehead atoms. The van der Waals surface area contributed by atoms with Gasteiger partial charge in [0.15, 0.2) is 0 Å². The standard InChI is InChI=1S/C21H44O4S.Na/c1-21(2)17-14-12-10-8-6-4-3-5-7-9-11-13-15-18-25-19-16-20-26(22,23)24;/h21H,3-20H2,1-2H3,(H,22,23,24);/q;+1/p-1. The Bertz CT molecular complexity index is 386. The number of hydrogen-bond acceptors (Lipinski definition) is 4. The van der Waals surface area contributed by atoms with Crippen LogP contribution in [0.25, 0.3) is 0 Å². The zero-order chi connectivity index (χ0) is 19.5. The molecule has 0 rings (SSSR count). The van der Waals surface area contributed by atoms with E-state index in [1.165, 1.54) is 83.5 Å². The van der Waals surface area contributed by atoms with Crippen molar-refractivity contribution >= 4 is 10.1 Å². The van der Waals surface area contributed by atoms with Gasteiger partial charge in [0, 0.05) is 19.0 Å². The van der Waals surface area contributed by atoms with Crippen molar-refractivity contribution in [2.45, 2.75) is 110 Å². The van der Waals surface area contributed by atoms with Gasteiger partial charge in [0.1, 0.15) is 0 Å². The predicted molar refractivity (Wildman–Crippen MR) is 109 cm³/mol. The molecule has 0 saturated heterocycles. The third kappa shape index (κ3) is 29.2. The van der Waals surface area contributed by atoms with E-state index in [4.69, 9.17) is 4.74 Å². The number of ether oxygens (including phenoxy) is 1. The molecule has 0 N–H and O–H groups in total. The number of rotatable bonds is 20. The van der Waals surface area contributed by atoms with Gasteiger partial charge in [-0.05, 0) is 18.8 Å². The summed E-state index contributed by atoms with van der Waals surface area (Å²) in [5, 5.41) is 0. The van der Waals surface area contributed by atoms with Crippen LogP contribution < -0.4 is 29.6 Å². The normalized spacial score (nSPS) is 11.7. The largest absolute Gasteiger partial charge is 1.00 e. The number of unbranched alkanes of at least 4 members (excludes halogenated alkanes) is 12. The molecule has 0 aromatic carbocycles. The summed E-state index contributed by atoms with van der Waals surface area (Å²) in [6.07, 6.45) is 19.0. The maximum atomic E-state index is 10.4. The van der Waals surface area contributed by atoms with Gasteiger partial charge in [-0.1, -0.05) is 97.3 Å². The first-order valence-corrected chi connectivity index (χ1v) is 12.5. The third-order valence-corrected chi connectivity index (χ3v) is 5.54. The average molecular weight is 415 g/mol. The van der Waals surface area contributed by atoms with E-state index in [0.29, 0.717) is 19.6 Å². The molecule has 0 fully saturated rings. The number of hydrogen-bond donors (Lipinski definition) is 0. The van der Waals surface area contributed by atoms with Crippen molar-refractivity contribution < 1.29 is 47.3 Å². The van der Waals surface area contributed by atoms with E-state index in [1.54, 1.807) is 0 Å². The van der Waals surface area contributed by atoms with Gasteiger partial charge in [-0.2, -0.15) is 0 Å². The van der Waals surface area contributed by atoms with Gasteiger partial charge in [-0.15, -0.1) is 0 Å². The molecule has 0 aliphatic carbocycles. The quantitative estimate of drug-likeness (QED) is 0.174. The van der Waals surface area contributed by atoms with Crippen LogP contribution >= 0.6 is 0 Å². The zero-order valence-electron chi connectivity index (χ0n) is 18.3. The van der Waals surface area contributed by atoms with Gasteiger partial charge in [0.25, 0.3) is 0 Å². The predicted octanol–water partition coefficient (Wildman–Crippen LogP) is 3.06. The van der Waals surface area contributed by atoms with Crippen molar-refractivity contribution in [2.75, 3.05) is 19.0 Å². The molecule has 0 aliphatic heterocycles. The maximum absolute atomic E-state index is 10.4. The molecule has 158 valence electrons. The summed E-state index contributed by atoms with van der Waals surface area (Å²) in [7, 11) is -4.08. The van der Waals surface area contributed by atoms with Crippen molar-refractivity contribution in [2.24, 2.45) is 5.92 Å².